The summed E-state index contributed by atoms with van der Waals surface area (Å²) < 4.78 is 67.0. The van der Waals surface area contributed by atoms with E-state index < -0.39 is 27.6 Å². The van der Waals surface area contributed by atoms with Crippen LogP contribution in [0.1, 0.15) is 28.4 Å². The second-order valence-electron chi connectivity index (χ2n) is 7.25. The molecule has 9 nitrogen and oxygen atoms in total. The molecule has 0 saturated carbocycles. The van der Waals surface area contributed by atoms with E-state index in [2.05, 4.69) is 30.6 Å². The number of carbonyl (C=O) groups excluding carboxylic acids is 1. The number of anilines is 4. The lowest BCUT2D eigenvalue weighted by molar-refractivity contribution is -0.137. The molecule has 0 bridgehead atoms. The number of amides is 1. The van der Waals surface area contributed by atoms with Crippen molar-refractivity contribution in [2.45, 2.75) is 19.6 Å². The fraction of sp³-hybridized carbons (Fsp3) is 0.227. The fourth-order valence-electron chi connectivity index (χ4n) is 2.96. The molecule has 2 aromatic carbocycles. The third kappa shape index (κ3) is 6.82. The highest BCUT2D eigenvalue weighted by molar-refractivity contribution is 7.92. The van der Waals surface area contributed by atoms with Crippen LogP contribution in [-0.4, -0.2) is 37.1 Å². The Morgan fingerprint density at radius 3 is 2.37 bits per heavy atom. The standard InChI is InChI=1S/C22H23F3N6O3S/c1-3-35(33,34)31-18-7-5-4-6-15(18)12-27-19-17(22(23,24)25)13-28-21(30-19)29-16-10-8-14(9-11-16)20(32)26-2/h4-11,13,31H,3,12H2,1-2H3,(H,26,32)(H2,27,28,29,30). The first kappa shape index (κ1) is 25.7. The summed E-state index contributed by atoms with van der Waals surface area (Å²) in [6, 6.07) is 12.6. The first-order chi connectivity index (χ1) is 16.5. The number of nitrogens with zero attached hydrogens (tertiary/aromatic N) is 2. The minimum Gasteiger partial charge on any atom is -0.365 e. The predicted molar refractivity (Wildman–Crippen MR) is 127 cm³/mol. The van der Waals surface area contributed by atoms with Crippen molar-refractivity contribution < 1.29 is 26.4 Å². The van der Waals surface area contributed by atoms with E-state index >= 15 is 0 Å². The lowest BCUT2D eigenvalue weighted by Crippen LogP contribution is -2.18. The molecule has 3 aromatic rings. The molecule has 1 aromatic heterocycles. The van der Waals surface area contributed by atoms with Crippen LogP contribution in [0.3, 0.4) is 0 Å². The molecule has 0 aliphatic carbocycles. The topological polar surface area (TPSA) is 125 Å². The maximum atomic E-state index is 13.6. The van der Waals surface area contributed by atoms with Crippen LogP contribution in [0, 0.1) is 0 Å². The number of sulfonamides is 1. The van der Waals surface area contributed by atoms with Gasteiger partial charge in [-0.3, -0.25) is 9.52 Å². The number of halogens is 3. The lowest BCUT2D eigenvalue weighted by Gasteiger charge is -2.16. The molecule has 0 unspecified atom stereocenters. The Morgan fingerprint density at radius 2 is 1.74 bits per heavy atom. The number of carbonyl (C=O) groups is 1. The molecular weight excluding hydrogens is 485 g/mol. The Kier molecular flexibility index (Phi) is 7.79. The van der Waals surface area contributed by atoms with Crippen LogP contribution in [-0.2, 0) is 22.7 Å². The normalized spacial score (nSPS) is 11.6. The van der Waals surface area contributed by atoms with Crippen LogP contribution in [0.25, 0.3) is 0 Å². The highest BCUT2D eigenvalue weighted by atomic mass is 32.2. The number of benzene rings is 2. The summed E-state index contributed by atoms with van der Waals surface area (Å²) in [6.07, 6.45) is -4.07. The van der Waals surface area contributed by atoms with Crippen LogP contribution in [0.2, 0.25) is 0 Å². The zero-order chi connectivity index (χ0) is 25.6. The molecule has 0 saturated heterocycles. The minimum absolute atomic E-state index is 0.104. The SMILES string of the molecule is CCS(=O)(=O)Nc1ccccc1CNc1nc(Nc2ccc(C(=O)NC)cc2)ncc1C(F)(F)F. The second-order valence-corrected chi connectivity index (χ2v) is 9.26. The molecule has 0 aliphatic rings. The van der Waals surface area contributed by atoms with Gasteiger partial charge in [0.2, 0.25) is 16.0 Å². The van der Waals surface area contributed by atoms with Gasteiger partial charge in [0.1, 0.15) is 11.4 Å². The van der Waals surface area contributed by atoms with Gasteiger partial charge in [0.15, 0.2) is 0 Å². The maximum absolute atomic E-state index is 13.6. The van der Waals surface area contributed by atoms with E-state index in [1.165, 1.54) is 20.0 Å². The van der Waals surface area contributed by atoms with Crippen molar-refractivity contribution in [2.24, 2.45) is 0 Å². The monoisotopic (exact) mass is 508 g/mol. The summed E-state index contributed by atoms with van der Waals surface area (Å²) in [5.41, 5.74) is 0.466. The van der Waals surface area contributed by atoms with E-state index in [4.69, 9.17) is 0 Å². The van der Waals surface area contributed by atoms with Gasteiger partial charge in [-0.15, -0.1) is 0 Å². The summed E-state index contributed by atoms with van der Waals surface area (Å²) >= 11 is 0. The number of hydrogen-bond donors (Lipinski definition) is 4. The van der Waals surface area contributed by atoms with Gasteiger partial charge in [0, 0.05) is 31.0 Å². The van der Waals surface area contributed by atoms with Gasteiger partial charge in [-0.2, -0.15) is 18.2 Å². The van der Waals surface area contributed by atoms with Crippen LogP contribution in [0.15, 0.2) is 54.7 Å². The molecule has 0 aliphatic heterocycles. The van der Waals surface area contributed by atoms with Gasteiger partial charge in [0.25, 0.3) is 5.91 Å². The molecule has 0 spiro atoms. The zero-order valence-electron chi connectivity index (χ0n) is 18.8. The van der Waals surface area contributed by atoms with Crippen molar-refractivity contribution in [3.05, 3.63) is 71.4 Å². The molecule has 0 atom stereocenters. The van der Waals surface area contributed by atoms with Crippen molar-refractivity contribution in [1.82, 2.24) is 15.3 Å². The summed E-state index contributed by atoms with van der Waals surface area (Å²) in [4.78, 5) is 19.4. The Hall–Kier alpha value is -3.87. The average Bonchev–Trinajstić information content (AvgIpc) is 2.82. The number of aromatic nitrogens is 2. The van der Waals surface area contributed by atoms with E-state index in [1.807, 2.05) is 0 Å². The summed E-state index contributed by atoms with van der Waals surface area (Å²) in [7, 11) is -2.08. The van der Waals surface area contributed by atoms with Gasteiger partial charge in [-0.25, -0.2) is 13.4 Å². The Bertz CT molecular complexity index is 1300. The number of rotatable bonds is 9. The van der Waals surface area contributed by atoms with Gasteiger partial charge < -0.3 is 16.0 Å². The Morgan fingerprint density at radius 1 is 1.06 bits per heavy atom. The van der Waals surface area contributed by atoms with Crippen LogP contribution < -0.4 is 20.7 Å². The minimum atomic E-state index is -4.72. The first-order valence-electron chi connectivity index (χ1n) is 10.4. The van der Waals surface area contributed by atoms with Gasteiger partial charge >= 0.3 is 6.18 Å². The molecular formula is C22H23F3N6O3S. The number of nitrogens with one attached hydrogen (secondary N) is 4. The van der Waals surface area contributed by atoms with Crippen molar-refractivity contribution in [3.8, 4) is 0 Å². The molecule has 1 heterocycles. The number of para-hydroxylation sites is 1. The molecule has 1 amide bonds. The van der Waals surface area contributed by atoms with Crippen LogP contribution in [0.4, 0.5) is 36.3 Å². The van der Waals surface area contributed by atoms with Crippen molar-refractivity contribution >= 4 is 39.1 Å². The number of alkyl halides is 3. The number of hydrogen-bond acceptors (Lipinski definition) is 7. The van der Waals surface area contributed by atoms with Crippen LogP contribution >= 0.6 is 0 Å². The molecule has 13 heteroatoms. The van der Waals surface area contributed by atoms with Crippen molar-refractivity contribution in [1.29, 1.82) is 0 Å². The van der Waals surface area contributed by atoms with E-state index in [1.54, 1.807) is 42.5 Å². The van der Waals surface area contributed by atoms with Gasteiger partial charge in [0.05, 0.1) is 11.4 Å². The molecule has 0 radical (unpaired) electrons. The Balaban J connectivity index is 1.85. The Labute approximate surface area is 200 Å². The fourth-order valence-corrected chi connectivity index (χ4v) is 3.63. The second kappa shape index (κ2) is 10.6. The first-order valence-corrected chi connectivity index (χ1v) is 12.0. The maximum Gasteiger partial charge on any atom is 0.421 e. The molecule has 35 heavy (non-hydrogen) atoms. The van der Waals surface area contributed by atoms with E-state index in [9.17, 15) is 26.4 Å². The third-order valence-electron chi connectivity index (χ3n) is 4.83. The highest BCUT2D eigenvalue weighted by Crippen LogP contribution is 2.34. The third-order valence-corrected chi connectivity index (χ3v) is 6.12. The summed E-state index contributed by atoms with van der Waals surface area (Å²) in [5, 5.41) is 7.93. The van der Waals surface area contributed by atoms with Crippen LogP contribution in [0.5, 0.6) is 0 Å². The van der Waals surface area contributed by atoms with E-state index in [0.29, 0.717) is 23.0 Å². The molecule has 186 valence electrons. The summed E-state index contributed by atoms with van der Waals surface area (Å²) in [6.45, 7) is 1.34. The van der Waals surface area contributed by atoms with E-state index in [0.717, 1.165) is 0 Å². The quantitative estimate of drug-likeness (QED) is 0.345. The van der Waals surface area contributed by atoms with E-state index in [-0.39, 0.29) is 29.8 Å². The predicted octanol–water partition coefficient (Wildman–Crippen LogP) is 3.97. The molecule has 4 N–H and O–H groups in total. The average molecular weight is 509 g/mol. The highest BCUT2D eigenvalue weighted by Gasteiger charge is 2.35. The van der Waals surface area contributed by atoms with Gasteiger partial charge in [-0.05, 0) is 42.8 Å². The van der Waals surface area contributed by atoms with Gasteiger partial charge in [-0.1, -0.05) is 18.2 Å². The smallest absolute Gasteiger partial charge is 0.365 e. The van der Waals surface area contributed by atoms with Crippen molar-refractivity contribution in [3.63, 3.8) is 0 Å². The molecule has 3 rings (SSSR count). The summed E-state index contributed by atoms with van der Waals surface area (Å²) in [5.74, 6) is -1.02. The zero-order valence-corrected chi connectivity index (χ0v) is 19.6. The lowest BCUT2D eigenvalue weighted by atomic mass is 10.2. The van der Waals surface area contributed by atoms with Crippen molar-refractivity contribution in [2.75, 3.05) is 28.2 Å². The largest absolute Gasteiger partial charge is 0.421 e. The molecule has 0 fully saturated rings.